The van der Waals surface area contributed by atoms with Crippen molar-refractivity contribution in [1.29, 1.82) is 0 Å². The molecule has 2 aliphatic heterocycles. The van der Waals surface area contributed by atoms with E-state index in [9.17, 15) is 19.2 Å². The Labute approximate surface area is 182 Å². The van der Waals surface area contributed by atoms with Crippen LogP contribution in [0, 0.1) is 0 Å². The van der Waals surface area contributed by atoms with Crippen LogP contribution in [0.1, 0.15) is 76.0 Å². The molecule has 0 spiro atoms. The zero-order valence-electron chi connectivity index (χ0n) is 18.2. The number of nitrogens with zero attached hydrogens (tertiary/aromatic N) is 3. The van der Waals surface area contributed by atoms with Crippen molar-refractivity contribution in [2.24, 2.45) is 0 Å². The number of piperidine rings is 1. The lowest BCUT2D eigenvalue weighted by Gasteiger charge is -2.33. The molecule has 0 radical (unpaired) electrons. The zero-order valence-corrected chi connectivity index (χ0v) is 18.2. The number of hydrogen-bond donors (Lipinski definition) is 1. The van der Waals surface area contributed by atoms with Crippen molar-refractivity contribution in [3.05, 3.63) is 34.9 Å². The van der Waals surface area contributed by atoms with E-state index in [1.807, 2.05) is 0 Å². The maximum Gasteiger partial charge on any atom is 0.319 e. The lowest BCUT2D eigenvalue weighted by molar-refractivity contribution is 0.0548. The first-order valence-corrected chi connectivity index (χ1v) is 11.2. The molecule has 1 saturated heterocycles. The third kappa shape index (κ3) is 4.16. The van der Waals surface area contributed by atoms with E-state index in [1.165, 1.54) is 4.90 Å². The smallest absolute Gasteiger partial charge is 0.319 e. The van der Waals surface area contributed by atoms with Crippen LogP contribution >= 0.6 is 0 Å². The summed E-state index contributed by atoms with van der Waals surface area (Å²) in [6.07, 6.45) is 6.29. The summed E-state index contributed by atoms with van der Waals surface area (Å²) in [5.41, 5.74) is 1.11. The van der Waals surface area contributed by atoms with E-state index >= 15 is 0 Å². The molecule has 2 heterocycles. The number of likely N-dealkylation sites (tertiary alicyclic amines) is 1. The van der Waals surface area contributed by atoms with E-state index in [0.29, 0.717) is 42.6 Å². The molecule has 5 amide bonds. The molecule has 4 rings (SSSR count). The highest BCUT2D eigenvalue weighted by atomic mass is 16.2. The number of carbonyl (C=O) groups excluding carboxylic acids is 4. The van der Waals surface area contributed by atoms with E-state index in [0.717, 1.165) is 32.1 Å². The molecule has 0 aromatic heterocycles. The lowest BCUT2D eigenvalue weighted by atomic mass is 9.94. The second-order valence-electron chi connectivity index (χ2n) is 8.94. The largest absolute Gasteiger partial charge is 0.349 e. The minimum atomic E-state index is -0.281. The van der Waals surface area contributed by atoms with Crippen LogP contribution in [-0.2, 0) is 0 Å². The van der Waals surface area contributed by atoms with Crippen molar-refractivity contribution in [3.8, 4) is 0 Å². The quantitative estimate of drug-likeness (QED) is 0.752. The Morgan fingerprint density at radius 3 is 2.23 bits per heavy atom. The molecule has 8 nitrogen and oxygen atoms in total. The molecule has 1 aliphatic carbocycles. The molecule has 8 heteroatoms. The fourth-order valence-corrected chi connectivity index (χ4v) is 4.84. The minimum absolute atomic E-state index is 0.0194. The predicted octanol–water partition coefficient (Wildman–Crippen LogP) is 2.49. The number of fused-ring (bicyclic) bond motifs is 1. The molecule has 1 aromatic carbocycles. The second-order valence-corrected chi connectivity index (χ2v) is 8.94. The molecule has 2 fully saturated rings. The summed E-state index contributed by atoms with van der Waals surface area (Å²) in [5, 5.41) is 3.02. The minimum Gasteiger partial charge on any atom is -0.349 e. The van der Waals surface area contributed by atoms with Gasteiger partial charge in [0, 0.05) is 44.8 Å². The van der Waals surface area contributed by atoms with Crippen LogP contribution < -0.4 is 5.32 Å². The molecule has 0 unspecified atom stereocenters. The van der Waals surface area contributed by atoms with Crippen molar-refractivity contribution < 1.29 is 19.2 Å². The van der Waals surface area contributed by atoms with Crippen molar-refractivity contribution in [1.82, 2.24) is 20.0 Å². The van der Waals surface area contributed by atoms with Gasteiger partial charge in [-0.05, 0) is 43.9 Å². The third-order valence-electron chi connectivity index (χ3n) is 6.60. The Hall–Kier alpha value is -2.90. The van der Waals surface area contributed by atoms with Crippen LogP contribution in [-0.4, -0.2) is 77.7 Å². The van der Waals surface area contributed by atoms with E-state index in [-0.39, 0.29) is 35.8 Å². The molecule has 0 atom stereocenters. The summed E-state index contributed by atoms with van der Waals surface area (Å²) in [6, 6.07) is 4.70. The number of amides is 5. The Kier molecular flexibility index (Phi) is 5.98. The summed E-state index contributed by atoms with van der Waals surface area (Å²) < 4.78 is 0. The highest BCUT2D eigenvalue weighted by Gasteiger charge is 2.40. The Balaban J connectivity index is 1.40. The summed E-state index contributed by atoms with van der Waals surface area (Å²) in [6.45, 7) is 1.19. The van der Waals surface area contributed by atoms with Crippen LogP contribution in [0.4, 0.5) is 4.79 Å². The Morgan fingerprint density at radius 1 is 0.935 bits per heavy atom. The predicted molar refractivity (Wildman–Crippen MR) is 115 cm³/mol. The Morgan fingerprint density at radius 2 is 1.58 bits per heavy atom. The fourth-order valence-electron chi connectivity index (χ4n) is 4.84. The van der Waals surface area contributed by atoms with E-state index in [1.54, 1.807) is 42.1 Å². The number of urea groups is 1. The molecule has 1 N–H and O–H groups in total. The van der Waals surface area contributed by atoms with Gasteiger partial charge in [-0.1, -0.05) is 19.3 Å². The number of imide groups is 1. The zero-order chi connectivity index (χ0) is 22.1. The number of benzene rings is 1. The monoisotopic (exact) mass is 426 g/mol. The molecule has 1 aromatic rings. The van der Waals surface area contributed by atoms with Crippen molar-refractivity contribution in [3.63, 3.8) is 0 Å². The maximum absolute atomic E-state index is 13.0. The summed E-state index contributed by atoms with van der Waals surface area (Å²) in [7, 11) is 3.46. The average Bonchev–Trinajstić information content (AvgIpc) is 3.03. The molecule has 166 valence electrons. The van der Waals surface area contributed by atoms with Gasteiger partial charge in [0.05, 0.1) is 11.1 Å². The molecular weight excluding hydrogens is 396 g/mol. The van der Waals surface area contributed by atoms with Crippen LogP contribution in [0.3, 0.4) is 0 Å². The number of rotatable bonds is 3. The topological polar surface area (TPSA) is 90.0 Å². The van der Waals surface area contributed by atoms with Gasteiger partial charge in [-0.2, -0.15) is 0 Å². The van der Waals surface area contributed by atoms with Crippen LogP contribution in [0.15, 0.2) is 18.2 Å². The van der Waals surface area contributed by atoms with Gasteiger partial charge >= 0.3 is 6.03 Å². The van der Waals surface area contributed by atoms with Crippen molar-refractivity contribution in [2.75, 3.05) is 27.2 Å². The maximum atomic E-state index is 13.0. The molecule has 3 aliphatic rings. The van der Waals surface area contributed by atoms with Crippen LogP contribution in [0.2, 0.25) is 0 Å². The number of carbonyl (C=O) groups is 4. The Bertz CT molecular complexity index is 899. The van der Waals surface area contributed by atoms with Crippen molar-refractivity contribution >= 4 is 23.8 Å². The molecule has 0 bridgehead atoms. The highest BCUT2D eigenvalue weighted by Crippen LogP contribution is 2.31. The number of nitrogens with one attached hydrogen (secondary N) is 1. The van der Waals surface area contributed by atoms with Gasteiger partial charge in [0.15, 0.2) is 0 Å². The standard InChI is InChI=1S/C23H30N4O4/c1-25(2)23(31)26-12-10-16(11-13-26)24-20(28)15-8-9-18-19(14-15)22(30)27(21(18)29)17-6-4-3-5-7-17/h8-9,14,16-17H,3-7,10-13H2,1-2H3,(H,24,28). The van der Waals surface area contributed by atoms with Gasteiger partial charge in [-0.15, -0.1) is 0 Å². The first kappa shape index (κ1) is 21.3. The third-order valence-corrected chi connectivity index (χ3v) is 6.60. The van der Waals surface area contributed by atoms with Crippen molar-refractivity contribution in [2.45, 2.75) is 57.0 Å². The molecular formula is C23H30N4O4. The first-order chi connectivity index (χ1) is 14.9. The first-order valence-electron chi connectivity index (χ1n) is 11.2. The van der Waals surface area contributed by atoms with Gasteiger partial charge in [0.1, 0.15) is 0 Å². The normalized spacial score (nSPS) is 20.1. The summed E-state index contributed by atoms with van der Waals surface area (Å²) >= 11 is 0. The van der Waals surface area contributed by atoms with Gasteiger partial charge in [-0.25, -0.2) is 4.79 Å². The SMILES string of the molecule is CN(C)C(=O)N1CCC(NC(=O)c2ccc3c(c2)C(=O)N(C2CCCCC2)C3=O)CC1. The van der Waals surface area contributed by atoms with Gasteiger partial charge in [-0.3, -0.25) is 19.3 Å². The van der Waals surface area contributed by atoms with Gasteiger partial charge in [0.2, 0.25) is 0 Å². The average molecular weight is 427 g/mol. The van der Waals surface area contributed by atoms with Gasteiger partial charge < -0.3 is 15.1 Å². The summed E-state index contributed by atoms with van der Waals surface area (Å²) in [4.78, 5) is 55.4. The number of hydrogen-bond acceptors (Lipinski definition) is 4. The highest BCUT2D eigenvalue weighted by molar-refractivity contribution is 6.22. The second kappa shape index (κ2) is 8.69. The molecule has 31 heavy (non-hydrogen) atoms. The van der Waals surface area contributed by atoms with E-state index in [2.05, 4.69) is 5.32 Å². The summed E-state index contributed by atoms with van der Waals surface area (Å²) in [5.74, 6) is -0.773. The van der Waals surface area contributed by atoms with Crippen LogP contribution in [0.5, 0.6) is 0 Å². The van der Waals surface area contributed by atoms with E-state index in [4.69, 9.17) is 0 Å². The lowest BCUT2D eigenvalue weighted by Crippen LogP contribution is -2.49. The van der Waals surface area contributed by atoms with Gasteiger partial charge in [0.25, 0.3) is 17.7 Å². The van der Waals surface area contributed by atoms with E-state index < -0.39 is 0 Å². The van der Waals surface area contributed by atoms with Crippen LogP contribution in [0.25, 0.3) is 0 Å². The fraction of sp³-hybridized carbons (Fsp3) is 0.565. The molecule has 1 saturated carbocycles.